The minimum Gasteiger partial charge on any atom is -0.361 e. The van der Waals surface area contributed by atoms with E-state index >= 15 is 0 Å². The van der Waals surface area contributed by atoms with Gasteiger partial charge in [0.2, 0.25) is 0 Å². The standard InChI is InChI=1S/C25H27F4N5O2/c1-12-5-13(2)11-34(10-12)24(36)16-6-20(26)22(30-9-16)31-14(3)17-7-18-21(8-19(17)25(27,28)29)32-15(4)33-23(18)35/h6-9,12-14H,5,10-11H2,1-4H3,(H,30,31)(H,32,33,35). The number of nitrogens with one attached hydrogen (secondary N) is 2. The molecule has 0 radical (unpaired) electrons. The monoisotopic (exact) mass is 505 g/mol. The number of hydrogen-bond donors (Lipinski definition) is 2. The number of fused-ring (bicyclic) bond motifs is 1. The largest absolute Gasteiger partial charge is 0.416 e. The predicted octanol–water partition coefficient (Wildman–Crippen LogP) is 5.08. The number of anilines is 1. The number of carbonyl (C=O) groups excluding carboxylic acids is 1. The predicted molar refractivity (Wildman–Crippen MR) is 127 cm³/mol. The smallest absolute Gasteiger partial charge is 0.361 e. The maximum absolute atomic E-state index is 14.9. The summed E-state index contributed by atoms with van der Waals surface area (Å²) in [7, 11) is 0. The molecule has 1 aliphatic heterocycles. The van der Waals surface area contributed by atoms with Crippen LogP contribution in [-0.2, 0) is 6.18 Å². The fraction of sp³-hybridized carbons (Fsp3) is 0.440. The van der Waals surface area contributed by atoms with Crippen molar-refractivity contribution in [3.63, 3.8) is 0 Å². The minimum absolute atomic E-state index is 0.0170. The van der Waals surface area contributed by atoms with Crippen molar-refractivity contribution in [2.45, 2.75) is 46.3 Å². The maximum Gasteiger partial charge on any atom is 0.416 e. The van der Waals surface area contributed by atoms with E-state index in [4.69, 9.17) is 0 Å². The molecule has 1 amide bonds. The van der Waals surface area contributed by atoms with Crippen LogP contribution in [0.4, 0.5) is 23.4 Å². The molecule has 0 aliphatic carbocycles. The number of amides is 1. The first-order valence-electron chi connectivity index (χ1n) is 11.7. The second-order valence-electron chi connectivity index (χ2n) is 9.68. The highest BCUT2D eigenvalue weighted by Gasteiger charge is 2.36. The van der Waals surface area contributed by atoms with E-state index < -0.39 is 29.2 Å². The first kappa shape index (κ1) is 25.6. The SMILES string of the molecule is Cc1nc2cc(C(F)(F)F)c(C(C)Nc3ncc(C(=O)N4CC(C)CC(C)C4)cc3F)cc2c(=O)[nH]1. The Morgan fingerprint density at radius 1 is 1.19 bits per heavy atom. The average molecular weight is 506 g/mol. The number of halogens is 4. The summed E-state index contributed by atoms with van der Waals surface area (Å²) in [5, 5.41) is 2.63. The van der Waals surface area contributed by atoms with Crippen LogP contribution < -0.4 is 10.9 Å². The van der Waals surface area contributed by atoms with Crippen LogP contribution in [0.2, 0.25) is 0 Å². The molecular weight excluding hydrogens is 478 g/mol. The molecule has 2 N–H and O–H groups in total. The van der Waals surface area contributed by atoms with E-state index in [2.05, 4.69) is 34.1 Å². The molecule has 1 aliphatic rings. The lowest BCUT2D eigenvalue weighted by Crippen LogP contribution is -2.42. The number of pyridine rings is 1. The maximum atomic E-state index is 14.9. The Labute approximate surface area is 204 Å². The van der Waals surface area contributed by atoms with Gasteiger partial charge in [0.05, 0.1) is 28.1 Å². The van der Waals surface area contributed by atoms with Gasteiger partial charge in [-0.1, -0.05) is 13.8 Å². The summed E-state index contributed by atoms with van der Waals surface area (Å²) in [4.78, 5) is 37.3. The van der Waals surface area contributed by atoms with Crippen molar-refractivity contribution in [2.24, 2.45) is 11.8 Å². The van der Waals surface area contributed by atoms with Crippen LogP contribution >= 0.6 is 0 Å². The van der Waals surface area contributed by atoms with Crippen molar-refractivity contribution >= 4 is 22.6 Å². The number of H-pyrrole nitrogens is 1. The highest BCUT2D eigenvalue weighted by atomic mass is 19.4. The Hall–Kier alpha value is -3.50. The van der Waals surface area contributed by atoms with Crippen molar-refractivity contribution in [3.8, 4) is 0 Å². The van der Waals surface area contributed by atoms with E-state index in [0.717, 1.165) is 24.6 Å². The van der Waals surface area contributed by atoms with Crippen LogP contribution in [0.5, 0.6) is 0 Å². The zero-order valence-corrected chi connectivity index (χ0v) is 20.3. The summed E-state index contributed by atoms with van der Waals surface area (Å²) in [6, 6.07) is 1.89. The molecule has 3 aromatic rings. The molecule has 1 aromatic carbocycles. The molecule has 192 valence electrons. The van der Waals surface area contributed by atoms with Crippen LogP contribution in [-0.4, -0.2) is 38.8 Å². The summed E-state index contributed by atoms with van der Waals surface area (Å²) >= 11 is 0. The van der Waals surface area contributed by atoms with Crippen LogP contribution in [0.25, 0.3) is 10.9 Å². The molecule has 7 nitrogen and oxygen atoms in total. The van der Waals surface area contributed by atoms with Gasteiger partial charge in [0.15, 0.2) is 11.6 Å². The summed E-state index contributed by atoms with van der Waals surface area (Å²) in [6.07, 6.45) is -2.51. The van der Waals surface area contributed by atoms with E-state index in [9.17, 15) is 27.2 Å². The third-order valence-corrected chi connectivity index (χ3v) is 6.36. The van der Waals surface area contributed by atoms with Gasteiger partial charge in [-0.3, -0.25) is 9.59 Å². The molecule has 36 heavy (non-hydrogen) atoms. The molecule has 2 aromatic heterocycles. The number of aryl methyl sites for hydroxylation is 1. The molecule has 0 bridgehead atoms. The quantitative estimate of drug-likeness (QED) is 0.483. The van der Waals surface area contributed by atoms with Crippen molar-refractivity contribution in [1.82, 2.24) is 19.9 Å². The van der Waals surface area contributed by atoms with Crippen molar-refractivity contribution < 1.29 is 22.4 Å². The Morgan fingerprint density at radius 2 is 1.86 bits per heavy atom. The van der Waals surface area contributed by atoms with Gasteiger partial charge < -0.3 is 15.2 Å². The van der Waals surface area contributed by atoms with Gasteiger partial charge >= 0.3 is 6.18 Å². The second kappa shape index (κ2) is 9.51. The molecule has 0 spiro atoms. The summed E-state index contributed by atoms with van der Waals surface area (Å²) in [6.45, 7) is 8.12. The van der Waals surface area contributed by atoms with Gasteiger partial charge in [-0.05, 0) is 55.9 Å². The normalized spacial score (nSPS) is 19.4. The van der Waals surface area contributed by atoms with Crippen LogP contribution in [0.15, 0.2) is 29.2 Å². The fourth-order valence-corrected chi connectivity index (χ4v) is 4.88. The summed E-state index contributed by atoms with van der Waals surface area (Å²) < 4.78 is 56.5. The second-order valence-corrected chi connectivity index (χ2v) is 9.68. The first-order chi connectivity index (χ1) is 16.8. The third-order valence-electron chi connectivity index (χ3n) is 6.36. The van der Waals surface area contributed by atoms with Crippen molar-refractivity contribution in [1.29, 1.82) is 0 Å². The Bertz CT molecular complexity index is 1360. The van der Waals surface area contributed by atoms with Gasteiger partial charge in [0.1, 0.15) is 5.82 Å². The number of aromatic nitrogens is 3. The van der Waals surface area contributed by atoms with E-state index in [-0.39, 0.29) is 39.6 Å². The van der Waals surface area contributed by atoms with Crippen LogP contribution in [0.3, 0.4) is 0 Å². The van der Waals surface area contributed by atoms with E-state index in [1.165, 1.54) is 20.0 Å². The van der Waals surface area contributed by atoms with E-state index in [0.29, 0.717) is 24.9 Å². The lowest BCUT2D eigenvalue weighted by Gasteiger charge is -2.35. The third kappa shape index (κ3) is 5.19. The molecule has 3 atom stereocenters. The van der Waals surface area contributed by atoms with Gasteiger partial charge in [0.25, 0.3) is 11.5 Å². The number of nitrogens with zero attached hydrogens (tertiary/aromatic N) is 3. The number of alkyl halides is 3. The Morgan fingerprint density at radius 3 is 2.47 bits per heavy atom. The Balaban J connectivity index is 1.63. The topological polar surface area (TPSA) is 91.0 Å². The number of aromatic amines is 1. The molecule has 3 unspecified atom stereocenters. The minimum atomic E-state index is -4.73. The summed E-state index contributed by atoms with van der Waals surface area (Å²) in [5.41, 5.74) is -1.85. The van der Waals surface area contributed by atoms with Gasteiger partial charge in [0, 0.05) is 19.3 Å². The zero-order chi connectivity index (χ0) is 26.4. The number of rotatable bonds is 4. The first-order valence-corrected chi connectivity index (χ1v) is 11.7. The number of hydrogen-bond acceptors (Lipinski definition) is 5. The fourth-order valence-electron chi connectivity index (χ4n) is 4.88. The zero-order valence-electron chi connectivity index (χ0n) is 20.3. The summed E-state index contributed by atoms with van der Waals surface area (Å²) in [5.74, 6) is -0.662. The molecule has 1 saturated heterocycles. The van der Waals surface area contributed by atoms with Crippen LogP contribution in [0.1, 0.15) is 60.5 Å². The molecule has 4 rings (SSSR count). The number of carbonyl (C=O) groups is 1. The number of benzene rings is 1. The molecule has 1 fully saturated rings. The number of likely N-dealkylation sites (tertiary alicyclic amines) is 1. The lowest BCUT2D eigenvalue weighted by molar-refractivity contribution is -0.138. The van der Waals surface area contributed by atoms with Gasteiger partial charge in [-0.25, -0.2) is 14.4 Å². The van der Waals surface area contributed by atoms with Crippen molar-refractivity contribution in [2.75, 3.05) is 18.4 Å². The van der Waals surface area contributed by atoms with Crippen LogP contribution in [0, 0.1) is 24.6 Å². The van der Waals surface area contributed by atoms with Gasteiger partial charge in [-0.2, -0.15) is 13.2 Å². The highest BCUT2D eigenvalue weighted by molar-refractivity contribution is 5.94. The van der Waals surface area contributed by atoms with E-state index in [1.54, 1.807) is 4.90 Å². The van der Waals surface area contributed by atoms with Crippen molar-refractivity contribution in [3.05, 3.63) is 63.1 Å². The Kier molecular flexibility index (Phi) is 6.76. The van der Waals surface area contributed by atoms with Gasteiger partial charge in [-0.15, -0.1) is 0 Å². The molecule has 0 saturated carbocycles. The molecular formula is C25H27F4N5O2. The highest BCUT2D eigenvalue weighted by Crippen LogP contribution is 2.37. The van der Waals surface area contributed by atoms with E-state index in [1.807, 2.05) is 0 Å². The lowest BCUT2D eigenvalue weighted by atomic mass is 9.91. The molecule has 11 heteroatoms. The average Bonchev–Trinajstić information content (AvgIpc) is 2.77. The molecule has 3 heterocycles. The number of piperidine rings is 1.